The summed E-state index contributed by atoms with van der Waals surface area (Å²) in [6.45, 7) is 2.59. The molecular weight excluding hydrogens is 334 g/mol. The Morgan fingerprint density at radius 2 is 1.42 bits per heavy atom. The normalized spacial score (nSPS) is 10.1. The molecule has 138 valence electrons. The van der Waals surface area contributed by atoms with Gasteiger partial charge in [-0.1, -0.05) is 0 Å². The maximum absolute atomic E-state index is 12.0. The zero-order chi connectivity index (χ0) is 18.8. The lowest BCUT2D eigenvalue weighted by molar-refractivity contribution is -0.115. The van der Waals surface area contributed by atoms with E-state index in [-0.39, 0.29) is 18.4 Å². The summed E-state index contributed by atoms with van der Waals surface area (Å²) in [6.07, 6.45) is 0. The Kier molecular flexibility index (Phi) is 7.45. The van der Waals surface area contributed by atoms with Gasteiger partial charge in [0.05, 0.1) is 13.2 Å². The van der Waals surface area contributed by atoms with E-state index in [9.17, 15) is 9.59 Å². The molecule has 0 unspecified atom stereocenters. The lowest BCUT2D eigenvalue weighted by Gasteiger charge is -2.10. The van der Waals surface area contributed by atoms with Crippen molar-refractivity contribution in [1.29, 1.82) is 0 Å². The number of rotatable bonds is 9. The van der Waals surface area contributed by atoms with E-state index in [1.807, 2.05) is 0 Å². The van der Waals surface area contributed by atoms with E-state index < -0.39 is 0 Å². The van der Waals surface area contributed by atoms with Gasteiger partial charge in [0.25, 0.3) is 0 Å². The number of amides is 2. The molecule has 0 aliphatic heterocycles. The van der Waals surface area contributed by atoms with E-state index in [4.69, 9.17) is 9.47 Å². The summed E-state index contributed by atoms with van der Waals surface area (Å²) in [6, 6.07) is 14.3. The van der Waals surface area contributed by atoms with Crippen LogP contribution in [0.25, 0.3) is 0 Å². The van der Waals surface area contributed by atoms with E-state index in [1.165, 1.54) is 6.92 Å². The summed E-state index contributed by atoms with van der Waals surface area (Å²) in [5, 5.41) is 8.52. The smallest absolute Gasteiger partial charge is 0.243 e. The summed E-state index contributed by atoms with van der Waals surface area (Å²) >= 11 is 0. The largest absolute Gasteiger partial charge is 0.491 e. The van der Waals surface area contributed by atoms with Gasteiger partial charge in [-0.25, -0.2) is 0 Å². The van der Waals surface area contributed by atoms with Crippen LogP contribution in [0.2, 0.25) is 0 Å². The number of ether oxygens (including phenoxy) is 2. The van der Waals surface area contributed by atoms with Gasteiger partial charge in [-0.15, -0.1) is 0 Å². The standard InChI is InChI=1S/C19H23N3O4/c1-14(23)21-16-5-3-15(4-6-16)20-13-19(24)22-17-7-9-18(10-8-17)26-12-11-25-2/h3-10,20H,11-13H2,1-2H3,(H,21,23)(H,22,24). The number of hydrogen-bond donors (Lipinski definition) is 3. The third-order valence-electron chi connectivity index (χ3n) is 3.35. The van der Waals surface area contributed by atoms with Crippen LogP contribution in [0.15, 0.2) is 48.5 Å². The van der Waals surface area contributed by atoms with Crippen molar-refractivity contribution in [1.82, 2.24) is 0 Å². The van der Waals surface area contributed by atoms with Crippen molar-refractivity contribution in [2.24, 2.45) is 0 Å². The number of nitrogens with one attached hydrogen (secondary N) is 3. The summed E-state index contributed by atoms with van der Waals surface area (Å²) in [7, 11) is 1.62. The van der Waals surface area contributed by atoms with Crippen molar-refractivity contribution >= 4 is 28.9 Å². The number of benzene rings is 2. The summed E-state index contributed by atoms with van der Waals surface area (Å²) in [5.41, 5.74) is 2.19. The Hall–Kier alpha value is -3.06. The summed E-state index contributed by atoms with van der Waals surface area (Å²) in [5.74, 6) is 0.432. The van der Waals surface area contributed by atoms with Crippen LogP contribution in [-0.2, 0) is 14.3 Å². The first-order valence-corrected chi connectivity index (χ1v) is 8.20. The van der Waals surface area contributed by atoms with Gasteiger partial charge in [-0.05, 0) is 48.5 Å². The maximum atomic E-state index is 12.0. The van der Waals surface area contributed by atoms with E-state index in [2.05, 4.69) is 16.0 Å². The van der Waals surface area contributed by atoms with Crippen LogP contribution in [0.1, 0.15) is 6.92 Å². The molecular formula is C19H23N3O4. The fourth-order valence-electron chi connectivity index (χ4n) is 2.14. The molecule has 26 heavy (non-hydrogen) atoms. The van der Waals surface area contributed by atoms with Gasteiger partial charge in [0.15, 0.2) is 0 Å². The van der Waals surface area contributed by atoms with Crippen LogP contribution in [-0.4, -0.2) is 38.7 Å². The maximum Gasteiger partial charge on any atom is 0.243 e. The van der Waals surface area contributed by atoms with Crippen molar-refractivity contribution < 1.29 is 19.1 Å². The topological polar surface area (TPSA) is 88.7 Å². The second-order valence-corrected chi connectivity index (χ2v) is 5.53. The molecule has 0 aliphatic carbocycles. The first kappa shape index (κ1) is 19.3. The number of carbonyl (C=O) groups excluding carboxylic acids is 2. The molecule has 0 atom stereocenters. The summed E-state index contributed by atoms with van der Waals surface area (Å²) < 4.78 is 10.4. The Morgan fingerprint density at radius 1 is 0.846 bits per heavy atom. The van der Waals surface area contributed by atoms with E-state index in [0.717, 1.165) is 11.4 Å². The lowest BCUT2D eigenvalue weighted by atomic mass is 10.2. The van der Waals surface area contributed by atoms with Gasteiger partial charge >= 0.3 is 0 Å². The second kappa shape index (κ2) is 10.0. The molecule has 2 aromatic carbocycles. The third-order valence-corrected chi connectivity index (χ3v) is 3.35. The Bertz CT molecular complexity index is 715. The zero-order valence-corrected chi connectivity index (χ0v) is 14.9. The number of hydrogen-bond acceptors (Lipinski definition) is 5. The fourth-order valence-corrected chi connectivity index (χ4v) is 2.14. The van der Waals surface area contributed by atoms with Crippen molar-refractivity contribution in [2.45, 2.75) is 6.92 Å². The molecule has 0 heterocycles. The molecule has 7 nitrogen and oxygen atoms in total. The predicted molar refractivity (Wildman–Crippen MR) is 102 cm³/mol. The molecule has 2 amide bonds. The van der Waals surface area contributed by atoms with Crippen LogP contribution in [0.3, 0.4) is 0 Å². The van der Waals surface area contributed by atoms with Crippen molar-refractivity contribution in [3.05, 3.63) is 48.5 Å². The average Bonchev–Trinajstić information content (AvgIpc) is 2.62. The minimum absolute atomic E-state index is 0.125. The van der Waals surface area contributed by atoms with Crippen LogP contribution in [0.5, 0.6) is 5.75 Å². The highest BCUT2D eigenvalue weighted by molar-refractivity contribution is 5.94. The van der Waals surface area contributed by atoms with E-state index in [1.54, 1.807) is 55.6 Å². The molecule has 0 saturated carbocycles. The number of carbonyl (C=O) groups is 2. The van der Waals surface area contributed by atoms with Gasteiger partial charge in [0, 0.05) is 31.1 Å². The minimum Gasteiger partial charge on any atom is -0.491 e. The fraction of sp³-hybridized carbons (Fsp3) is 0.263. The van der Waals surface area contributed by atoms with Crippen molar-refractivity contribution in [2.75, 3.05) is 42.8 Å². The molecule has 2 aromatic rings. The van der Waals surface area contributed by atoms with E-state index in [0.29, 0.717) is 24.6 Å². The molecule has 0 saturated heterocycles. The van der Waals surface area contributed by atoms with Crippen LogP contribution >= 0.6 is 0 Å². The molecule has 3 N–H and O–H groups in total. The molecule has 0 fully saturated rings. The first-order valence-electron chi connectivity index (χ1n) is 8.20. The highest BCUT2D eigenvalue weighted by atomic mass is 16.5. The SMILES string of the molecule is COCCOc1ccc(NC(=O)CNc2ccc(NC(C)=O)cc2)cc1. The van der Waals surface area contributed by atoms with Gasteiger partial charge in [0.2, 0.25) is 11.8 Å². The number of anilines is 3. The van der Waals surface area contributed by atoms with Crippen molar-refractivity contribution in [3.63, 3.8) is 0 Å². The van der Waals surface area contributed by atoms with Gasteiger partial charge in [-0.2, -0.15) is 0 Å². The predicted octanol–water partition coefficient (Wildman–Crippen LogP) is 2.72. The highest BCUT2D eigenvalue weighted by Crippen LogP contribution is 2.16. The lowest BCUT2D eigenvalue weighted by Crippen LogP contribution is -2.21. The van der Waals surface area contributed by atoms with Gasteiger partial charge in [0.1, 0.15) is 12.4 Å². The second-order valence-electron chi connectivity index (χ2n) is 5.53. The highest BCUT2D eigenvalue weighted by Gasteiger charge is 2.03. The third kappa shape index (κ3) is 6.82. The molecule has 2 rings (SSSR count). The minimum atomic E-state index is -0.163. The number of methoxy groups -OCH3 is 1. The average molecular weight is 357 g/mol. The van der Waals surface area contributed by atoms with Gasteiger partial charge in [-0.3, -0.25) is 9.59 Å². The molecule has 0 spiro atoms. The first-order chi connectivity index (χ1) is 12.6. The molecule has 0 aromatic heterocycles. The van der Waals surface area contributed by atoms with Gasteiger partial charge < -0.3 is 25.4 Å². The summed E-state index contributed by atoms with van der Waals surface area (Å²) in [4.78, 5) is 23.0. The van der Waals surface area contributed by atoms with Crippen LogP contribution < -0.4 is 20.7 Å². The molecule has 0 radical (unpaired) electrons. The molecule has 7 heteroatoms. The quantitative estimate of drug-likeness (QED) is 0.601. The monoisotopic (exact) mass is 357 g/mol. The molecule has 0 bridgehead atoms. The Labute approximate surface area is 152 Å². The molecule has 0 aliphatic rings. The van der Waals surface area contributed by atoms with Crippen LogP contribution in [0, 0.1) is 0 Å². The van der Waals surface area contributed by atoms with Crippen LogP contribution in [0.4, 0.5) is 17.1 Å². The Balaban J connectivity index is 1.76. The zero-order valence-electron chi connectivity index (χ0n) is 14.9. The Morgan fingerprint density at radius 3 is 2.04 bits per heavy atom. The van der Waals surface area contributed by atoms with Crippen molar-refractivity contribution in [3.8, 4) is 5.75 Å². The van der Waals surface area contributed by atoms with E-state index >= 15 is 0 Å².